The molecule has 2 heterocycles. The van der Waals surface area contributed by atoms with Crippen molar-refractivity contribution in [3.63, 3.8) is 0 Å². The van der Waals surface area contributed by atoms with Gasteiger partial charge in [0, 0.05) is 28.7 Å². The summed E-state index contributed by atoms with van der Waals surface area (Å²) in [6.07, 6.45) is 2.59. The van der Waals surface area contributed by atoms with Crippen LogP contribution in [0.5, 0.6) is 0 Å². The number of aryl methyl sites for hydroxylation is 1. The van der Waals surface area contributed by atoms with Crippen molar-refractivity contribution in [2.75, 3.05) is 0 Å². The first-order valence-corrected chi connectivity index (χ1v) is 7.33. The number of rotatable bonds is 3. The fourth-order valence-corrected chi connectivity index (χ4v) is 2.69. The summed E-state index contributed by atoms with van der Waals surface area (Å²) < 4.78 is 1.74. The van der Waals surface area contributed by atoms with Crippen LogP contribution >= 0.6 is 11.6 Å². The number of aromatic nitrogens is 2. The summed E-state index contributed by atoms with van der Waals surface area (Å²) >= 11 is 6.05. The summed E-state index contributed by atoms with van der Waals surface area (Å²) in [5.41, 5.74) is 2.20. The third-order valence-electron chi connectivity index (χ3n) is 3.43. The van der Waals surface area contributed by atoms with Gasteiger partial charge in [0.15, 0.2) is 0 Å². The molecule has 0 aliphatic heterocycles. The van der Waals surface area contributed by atoms with Crippen molar-refractivity contribution in [2.24, 2.45) is 0 Å². The van der Waals surface area contributed by atoms with Crippen molar-refractivity contribution in [1.82, 2.24) is 9.55 Å². The Morgan fingerprint density at radius 1 is 1.19 bits per heavy atom. The summed E-state index contributed by atoms with van der Waals surface area (Å²) in [6.45, 7) is 2.70. The Kier molecular flexibility index (Phi) is 3.76. The maximum Gasteiger partial charge on any atom is 0.260 e. The molecule has 0 aliphatic rings. The SMILES string of the molecule is CCCn1c(=O)c(-c2cccc(Cl)c2)cc2cccnc21. The van der Waals surface area contributed by atoms with Crippen LogP contribution in [0.3, 0.4) is 0 Å². The van der Waals surface area contributed by atoms with E-state index in [2.05, 4.69) is 4.98 Å². The molecule has 106 valence electrons. The highest BCUT2D eigenvalue weighted by atomic mass is 35.5. The summed E-state index contributed by atoms with van der Waals surface area (Å²) in [7, 11) is 0. The van der Waals surface area contributed by atoms with E-state index in [1.807, 2.05) is 43.3 Å². The molecule has 3 aromatic rings. The third kappa shape index (κ3) is 2.57. The van der Waals surface area contributed by atoms with Gasteiger partial charge in [0.1, 0.15) is 5.65 Å². The molecule has 4 heteroatoms. The van der Waals surface area contributed by atoms with Gasteiger partial charge in [0.05, 0.1) is 0 Å². The van der Waals surface area contributed by atoms with Crippen molar-refractivity contribution in [3.05, 3.63) is 64.0 Å². The zero-order chi connectivity index (χ0) is 14.8. The third-order valence-corrected chi connectivity index (χ3v) is 3.67. The predicted molar refractivity (Wildman–Crippen MR) is 86.7 cm³/mol. The topological polar surface area (TPSA) is 34.9 Å². The quantitative estimate of drug-likeness (QED) is 0.729. The van der Waals surface area contributed by atoms with Crippen molar-refractivity contribution in [3.8, 4) is 11.1 Å². The molecule has 0 spiro atoms. The van der Waals surface area contributed by atoms with Gasteiger partial charge in [-0.05, 0) is 42.3 Å². The maximum absolute atomic E-state index is 12.8. The second-order valence-electron chi connectivity index (χ2n) is 4.94. The van der Waals surface area contributed by atoms with E-state index in [9.17, 15) is 4.79 Å². The van der Waals surface area contributed by atoms with Gasteiger partial charge in [-0.25, -0.2) is 4.98 Å². The highest BCUT2D eigenvalue weighted by molar-refractivity contribution is 6.30. The van der Waals surface area contributed by atoms with E-state index in [0.717, 1.165) is 23.0 Å². The van der Waals surface area contributed by atoms with Crippen LogP contribution in [0.15, 0.2) is 53.5 Å². The molecule has 0 saturated carbocycles. The summed E-state index contributed by atoms with van der Waals surface area (Å²) in [4.78, 5) is 17.1. The highest BCUT2D eigenvalue weighted by Crippen LogP contribution is 2.23. The molecule has 1 aromatic carbocycles. The lowest BCUT2D eigenvalue weighted by molar-refractivity contribution is 0.673. The predicted octanol–water partition coefficient (Wildman–Crippen LogP) is 4.13. The second kappa shape index (κ2) is 5.70. The van der Waals surface area contributed by atoms with Gasteiger partial charge >= 0.3 is 0 Å². The molecule has 0 N–H and O–H groups in total. The van der Waals surface area contributed by atoms with Crippen LogP contribution < -0.4 is 5.56 Å². The van der Waals surface area contributed by atoms with Gasteiger partial charge in [-0.1, -0.05) is 30.7 Å². The van der Waals surface area contributed by atoms with E-state index < -0.39 is 0 Å². The number of hydrogen-bond donors (Lipinski definition) is 0. The molecule has 0 amide bonds. The molecule has 0 aliphatic carbocycles. The molecule has 0 saturated heterocycles. The normalized spacial score (nSPS) is 11.0. The van der Waals surface area contributed by atoms with Crippen LogP contribution in [0, 0.1) is 0 Å². The Morgan fingerprint density at radius 3 is 2.81 bits per heavy atom. The van der Waals surface area contributed by atoms with Crippen LogP contribution in [0.2, 0.25) is 5.02 Å². The zero-order valence-electron chi connectivity index (χ0n) is 11.7. The Balaban J connectivity index is 2.33. The largest absolute Gasteiger partial charge is 0.292 e. The van der Waals surface area contributed by atoms with Crippen LogP contribution in [0.1, 0.15) is 13.3 Å². The van der Waals surface area contributed by atoms with Crippen LogP contribution in [0.4, 0.5) is 0 Å². The molecule has 0 unspecified atom stereocenters. The monoisotopic (exact) mass is 298 g/mol. The standard InChI is InChI=1S/C17H15ClN2O/c1-2-9-20-16-13(6-4-8-19-16)11-15(17(20)21)12-5-3-7-14(18)10-12/h3-8,10-11H,2,9H2,1H3. The molecule has 0 fully saturated rings. The maximum atomic E-state index is 12.8. The minimum atomic E-state index is -0.0229. The zero-order valence-corrected chi connectivity index (χ0v) is 12.5. The number of fused-ring (bicyclic) bond motifs is 1. The molecule has 2 aromatic heterocycles. The van der Waals surface area contributed by atoms with Gasteiger partial charge in [-0.2, -0.15) is 0 Å². The summed E-state index contributed by atoms with van der Waals surface area (Å²) in [6, 6.07) is 13.1. The van der Waals surface area contributed by atoms with Crippen LogP contribution in [-0.4, -0.2) is 9.55 Å². The Bertz CT molecular complexity index is 855. The van der Waals surface area contributed by atoms with Gasteiger partial charge in [0.25, 0.3) is 5.56 Å². The number of hydrogen-bond acceptors (Lipinski definition) is 2. The molecular weight excluding hydrogens is 284 g/mol. The van der Waals surface area contributed by atoms with Crippen LogP contribution in [0.25, 0.3) is 22.2 Å². The van der Waals surface area contributed by atoms with E-state index in [1.165, 1.54) is 0 Å². The highest BCUT2D eigenvalue weighted by Gasteiger charge is 2.11. The number of benzene rings is 1. The smallest absolute Gasteiger partial charge is 0.260 e. The van der Waals surface area contributed by atoms with Crippen LogP contribution in [-0.2, 0) is 6.54 Å². The van der Waals surface area contributed by atoms with Crippen molar-refractivity contribution < 1.29 is 0 Å². The summed E-state index contributed by atoms with van der Waals surface area (Å²) in [5.74, 6) is 0. The van der Waals surface area contributed by atoms with E-state index >= 15 is 0 Å². The van der Waals surface area contributed by atoms with Crippen molar-refractivity contribution >= 4 is 22.6 Å². The van der Waals surface area contributed by atoms with Crippen molar-refractivity contribution in [2.45, 2.75) is 19.9 Å². The fourth-order valence-electron chi connectivity index (χ4n) is 2.50. The first-order chi connectivity index (χ1) is 10.2. The molecule has 3 rings (SSSR count). The van der Waals surface area contributed by atoms with Gasteiger partial charge in [-0.3, -0.25) is 9.36 Å². The van der Waals surface area contributed by atoms with E-state index in [0.29, 0.717) is 17.1 Å². The molecule has 0 atom stereocenters. The Hall–Kier alpha value is -2.13. The second-order valence-corrected chi connectivity index (χ2v) is 5.38. The minimum Gasteiger partial charge on any atom is -0.292 e. The van der Waals surface area contributed by atoms with Crippen molar-refractivity contribution in [1.29, 1.82) is 0 Å². The lowest BCUT2D eigenvalue weighted by Crippen LogP contribution is -2.22. The van der Waals surface area contributed by atoms with Gasteiger partial charge in [-0.15, -0.1) is 0 Å². The lowest BCUT2D eigenvalue weighted by Gasteiger charge is -2.11. The summed E-state index contributed by atoms with van der Waals surface area (Å²) in [5, 5.41) is 1.58. The van der Waals surface area contributed by atoms with E-state index in [1.54, 1.807) is 16.8 Å². The average molecular weight is 299 g/mol. The Labute approximate surface area is 127 Å². The number of pyridine rings is 2. The number of nitrogens with zero attached hydrogens (tertiary/aromatic N) is 2. The van der Waals surface area contributed by atoms with Gasteiger partial charge in [0.2, 0.25) is 0 Å². The Morgan fingerprint density at radius 2 is 2.05 bits per heavy atom. The molecule has 0 bridgehead atoms. The van der Waals surface area contributed by atoms with E-state index in [-0.39, 0.29) is 5.56 Å². The molecule has 3 nitrogen and oxygen atoms in total. The molecule has 0 radical (unpaired) electrons. The lowest BCUT2D eigenvalue weighted by atomic mass is 10.1. The first-order valence-electron chi connectivity index (χ1n) is 6.95. The molecular formula is C17H15ClN2O. The first kappa shape index (κ1) is 13.8. The fraction of sp³-hybridized carbons (Fsp3) is 0.176. The van der Waals surface area contributed by atoms with E-state index in [4.69, 9.17) is 11.6 Å². The molecule has 21 heavy (non-hydrogen) atoms. The minimum absolute atomic E-state index is 0.0229. The average Bonchev–Trinajstić information content (AvgIpc) is 2.50. The van der Waals surface area contributed by atoms with Gasteiger partial charge < -0.3 is 0 Å². The number of halogens is 1.